The first-order valence-corrected chi connectivity index (χ1v) is 8.50. The normalized spacial score (nSPS) is 16.7. The van der Waals surface area contributed by atoms with Crippen LogP contribution >= 0.6 is 23.2 Å². The van der Waals surface area contributed by atoms with Crippen LogP contribution in [0.3, 0.4) is 0 Å². The van der Waals surface area contributed by atoms with E-state index in [0.29, 0.717) is 27.2 Å². The van der Waals surface area contributed by atoms with Gasteiger partial charge in [-0.1, -0.05) is 35.3 Å². The minimum absolute atomic E-state index is 0.128. The molecule has 0 bridgehead atoms. The maximum atomic E-state index is 12.8. The molecule has 2 aromatic carbocycles. The summed E-state index contributed by atoms with van der Waals surface area (Å²) in [6, 6.07) is 11.7. The first-order valence-electron chi connectivity index (χ1n) is 7.74. The summed E-state index contributed by atoms with van der Waals surface area (Å²) < 4.78 is 5.55. The van der Waals surface area contributed by atoms with Gasteiger partial charge in [-0.3, -0.25) is 9.59 Å². The lowest BCUT2D eigenvalue weighted by Gasteiger charge is -2.27. The number of hydrogen-bond acceptors (Lipinski definition) is 3. The highest BCUT2D eigenvalue weighted by molar-refractivity contribution is 6.35. The number of nitrogens with one attached hydrogen (secondary N) is 1. The van der Waals surface area contributed by atoms with Crippen LogP contribution in [0.1, 0.15) is 13.3 Å². The first-order chi connectivity index (χ1) is 12.0. The summed E-state index contributed by atoms with van der Waals surface area (Å²) in [6.07, 6.45) is 0.210. The first kappa shape index (κ1) is 17.6. The van der Waals surface area contributed by atoms with E-state index < -0.39 is 0 Å². The number of benzene rings is 2. The molecule has 1 heterocycles. The summed E-state index contributed by atoms with van der Waals surface area (Å²) in [4.78, 5) is 26.3. The van der Waals surface area contributed by atoms with Crippen molar-refractivity contribution in [3.05, 3.63) is 52.5 Å². The molecule has 130 valence electrons. The molecule has 0 unspecified atom stereocenters. The van der Waals surface area contributed by atoms with Crippen LogP contribution < -0.4 is 15.0 Å². The van der Waals surface area contributed by atoms with E-state index in [1.165, 1.54) is 0 Å². The van der Waals surface area contributed by atoms with Gasteiger partial charge in [0.1, 0.15) is 5.75 Å². The molecule has 2 amide bonds. The molecular weight excluding hydrogens is 363 g/mol. The zero-order valence-electron chi connectivity index (χ0n) is 13.5. The second-order valence-corrected chi connectivity index (χ2v) is 6.59. The van der Waals surface area contributed by atoms with Crippen LogP contribution in [0, 0.1) is 0 Å². The molecule has 5 nitrogen and oxygen atoms in total. The van der Waals surface area contributed by atoms with Crippen molar-refractivity contribution in [2.24, 2.45) is 0 Å². The van der Waals surface area contributed by atoms with Gasteiger partial charge >= 0.3 is 0 Å². The molecule has 25 heavy (non-hydrogen) atoms. The standard InChI is InChI=1S/C18H16Cl2N2O3/c1-11-8-17(23)21-14-4-2-3-5-15(14)22(11)18(24)10-25-16-7-6-12(19)9-13(16)20/h2-7,9,11H,8,10H2,1H3,(H,21,23)/t11-/m1/s1. The van der Waals surface area contributed by atoms with Crippen LogP contribution in [0.2, 0.25) is 10.0 Å². The van der Waals surface area contributed by atoms with E-state index >= 15 is 0 Å². The number of fused-ring (bicyclic) bond motifs is 1. The Morgan fingerprint density at radius 3 is 2.80 bits per heavy atom. The minimum atomic E-state index is -0.291. The highest BCUT2D eigenvalue weighted by Crippen LogP contribution is 2.32. The Balaban J connectivity index is 1.81. The SMILES string of the molecule is C[C@@H]1CC(=O)Nc2ccccc2N1C(=O)COc1ccc(Cl)cc1Cl. The molecule has 0 fully saturated rings. The van der Waals surface area contributed by atoms with Crippen molar-refractivity contribution in [1.29, 1.82) is 0 Å². The molecular formula is C18H16Cl2N2O3. The zero-order chi connectivity index (χ0) is 18.0. The lowest BCUT2D eigenvalue weighted by Crippen LogP contribution is -2.41. The fourth-order valence-electron chi connectivity index (χ4n) is 2.77. The van der Waals surface area contributed by atoms with E-state index in [0.717, 1.165) is 0 Å². The lowest BCUT2D eigenvalue weighted by atomic mass is 10.1. The van der Waals surface area contributed by atoms with Gasteiger partial charge in [0.25, 0.3) is 5.91 Å². The number of anilines is 2. The van der Waals surface area contributed by atoms with E-state index in [4.69, 9.17) is 27.9 Å². The molecule has 2 aromatic rings. The third-order valence-electron chi connectivity index (χ3n) is 3.87. The summed E-state index contributed by atoms with van der Waals surface area (Å²) >= 11 is 11.9. The molecule has 0 radical (unpaired) electrons. The van der Waals surface area contributed by atoms with E-state index in [1.54, 1.807) is 35.2 Å². The van der Waals surface area contributed by atoms with Crippen molar-refractivity contribution >= 4 is 46.4 Å². The average molecular weight is 379 g/mol. The van der Waals surface area contributed by atoms with Crippen molar-refractivity contribution in [1.82, 2.24) is 0 Å². The van der Waals surface area contributed by atoms with Gasteiger partial charge in [0, 0.05) is 17.5 Å². The van der Waals surface area contributed by atoms with Gasteiger partial charge in [0.15, 0.2) is 6.61 Å². The molecule has 0 aromatic heterocycles. The number of rotatable bonds is 3. The molecule has 7 heteroatoms. The molecule has 0 spiro atoms. The number of ether oxygens (including phenoxy) is 1. The largest absolute Gasteiger partial charge is 0.482 e. The average Bonchev–Trinajstić information content (AvgIpc) is 2.68. The Morgan fingerprint density at radius 1 is 1.28 bits per heavy atom. The summed E-state index contributed by atoms with van der Waals surface area (Å²) in [5.74, 6) is -0.0104. The molecule has 0 aliphatic carbocycles. The molecule has 3 rings (SSSR count). The van der Waals surface area contributed by atoms with Crippen LogP contribution in [-0.2, 0) is 9.59 Å². The zero-order valence-corrected chi connectivity index (χ0v) is 15.0. The number of carbonyl (C=O) groups excluding carboxylic acids is 2. The van der Waals surface area contributed by atoms with Crippen molar-refractivity contribution in [2.45, 2.75) is 19.4 Å². The van der Waals surface area contributed by atoms with Gasteiger partial charge in [-0.25, -0.2) is 0 Å². The Kier molecular flexibility index (Phi) is 5.16. The van der Waals surface area contributed by atoms with Gasteiger partial charge < -0.3 is 15.0 Å². The van der Waals surface area contributed by atoms with E-state index in [9.17, 15) is 9.59 Å². The highest BCUT2D eigenvalue weighted by Gasteiger charge is 2.29. The monoisotopic (exact) mass is 378 g/mol. The number of halogens is 2. The quantitative estimate of drug-likeness (QED) is 0.872. The van der Waals surface area contributed by atoms with E-state index in [2.05, 4.69) is 5.32 Å². The Hall–Kier alpha value is -2.24. The van der Waals surface area contributed by atoms with E-state index in [1.807, 2.05) is 19.1 Å². The second kappa shape index (κ2) is 7.33. The number of para-hydroxylation sites is 2. The Labute approximate surface area is 155 Å². The molecule has 1 aliphatic heterocycles. The summed E-state index contributed by atoms with van der Waals surface area (Å²) in [7, 11) is 0. The van der Waals surface area contributed by atoms with Gasteiger partial charge in [-0.2, -0.15) is 0 Å². The van der Waals surface area contributed by atoms with Gasteiger partial charge in [0.2, 0.25) is 5.91 Å². The predicted octanol–water partition coefficient (Wildman–Crippen LogP) is 4.14. The van der Waals surface area contributed by atoms with E-state index in [-0.39, 0.29) is 30.9 Å². The summed E-state index contributed by atoms with van der Waals surface area (Å²) in [5, 5.41) is 3.64. The molecule has 1 atom stereocenters. The number of carbonyl (C=O) groups is 2. The smallest absolute Gasteiger partial charge is 0.265 e. The number of amides is 2. The number of nitrogens with zero attached hydrogens (tertiary/aromatic N) is 1. The topological polar surface area (TPSA) is 58.6 Å². The van der Waals surface area contributed by atoms with Crippen LogP contribution in [-0.4, -0.2) is 24.5 Å². The third-order valence-corrected chi connectivity index (χ3v) is 4.40. The molecule has 0 saturated carbocycles. The summed E-state index contributed by atoms with van der Waals surface area (Å²) in [5.41, 5.74) is 1.26. The van der Waals surface area contributed by atoms with Crippen LogP contribution in [0.25, 0.3) is 0 Å². The van der Waals surface area contributed by atoms with Gasteiger partial charge in [-0.05, 0) is 37.3 Å². The van der Waals surface area contributed by atoms with Crippen molar-refractivity contribution in [2.75, 3.05) is 16.8 Å². The fourth-order valence-corrected chi connectivity index (χ4v) is 3.23. The maximum Gasteiger partial charge on any atom is 0.265 e. The van der Waals surface area contributed by atoms with Crippen molar-refractivity contribution in [3.8, 4) is 5.75 Å². The Bertz CT molecular complexity index is 826. The molecule has 0 saturated heterocycles. The highest BCUT2D eigenvalue weighted by atomic mass is 35.5. The minimum Gasteiger partial charge on any atom is -0.482 e. The van der Waals surface area contributed by atoms with Gasteiger partial charge in [0.05, 0.1) is 16.4 Å². The molecule has 1 N–H and O–H groups in total. The van der Waals surface area contributed by atoms with Crippen molar-refractivity contribution in [3.63, 3.8) is 0 Å². The van der Waals surface area contributed by atoms with Gasteiger partial charge in [-0.15, -0.1) is 0 Å². The fraction of sp³-hybridized carbons (Fsp3) is 0.222. The Morgan fingerprint density at radius 2 is 2.04 bits per heavy atom. The predicted molar refractivity (Wildman–Crippen MR) is 98.6 cm³/mol. The second-order valence-electron chi connectivity index (χ2n) is 5.75. The summed E-state index contributed by atoms with van der Waals surface area (Å²) in [6.45, 7) is 1.63. The lowest BCUT2D eigenvalue weighted by molar-refractivity contribution is -0.121. The van der Waals surface area contributed by atoms with Crippen molar-refractivity contribution < 1.29 is 14.3 Å². The number of hydrogen-bond donors (Lipinski definition) is 1. The van der Waals surface area contributed by atoms with Crippen LogP contribution in [0.15, 0.2) is 42.5 Å². The molecule has 1 aliphatic rings. The maximum absolute atomic E-state index is 12.8. The van der Waals surface area contributed by atoms with Crippen LogP contribution in [0.5, 0.6) is 5.75 Å². The van der Waals surface area contributed by atoms with Crippen LogP contribution in [0.4, 0.5) is 11.4 Å². The third kappa shape index (κ3) is 3.89.